The van der Waals surface area contributed by atoms with Crippen LogP contribution in [0.5, 0.6) is 0 Å². The van der Waals surface area contributed by atoms with Crippen LogP contribution < -0.4 is 0 Å². The zero-order valence-corrected chi connectivity index (χ0v) is 5.21. The third-order valence-corrected chi connectivity index (χ3v) is 2.19. The Hall–Kier alpha value is -0.550. The molecule has 0 radical (unpaired) electrons. The summed E-state index contributed by atoms with van der Waals surface area (Å²) in [7, 11) is 0. The lowest BCUT2D eigenvalue weighted by Gasteiger charge is -2.08. The van der Waals surface area contributed by atoms with Crippen molar-refractivity contribution >= 4 is 0 Å². The largest absolute Gasteiger partial charge is 0.368 e. The summed E-state index contributed by atoms with van der Waals surface area (Å²) in [6.45, 7) is 0. The van der Waals surface area contributed by atoms with E-state index in [2.05, 4.69) is 6.07 Å². The lowest BCUT2D eigenvalue weighted by molar-refractivity contribution is 0.354. The van der Waals surface area contributed by atoms with Crippen molar-refractivity contribution in [2.24, 2.45) is 5.92 Å². The maximum absolute atomic E-state index is 8.56. The van der Waals surface area contributed by atoms with Gasteiger partial charge in [-0.25, -0.2) is 0 Å². The molecule has 2 rings (SSSR count). The minimum absolute atomic E-state index is 0.212. The molecule has 2 nitrogen and oxygen atoms in total. The second-order valence-electron chi connectivity index (χ2n) is 2.81. The van der Waals surface area contributed by atoms with Crippen molar-refractivity contribution in [3.05, 3.63) is 0 Å². The Morgan fingerprint density at radius 1 is 1.44 bits per heavy atom. The summed E-state index contributed by atoms with van der Waals surface area (Å²) in [5.74, 6) is 0.212. The van der Waals surface area contributed by atoms with Crippen LogP contribution in [0, 0.1) is 17.2 Å². The Balaban J connectivity index is 2.02. The second kappa shape index (κ2) is 1.71. The van der Waals surface area contributed by atoms with Crippen LogP contribution >= 0.6 is 0 Å². The fraction of sp³-hybridized carbons (Fsp3) is 0.857. The van der Waals surface area contributed by atoms with Crippen molar-refractivity contribution < 1.29 is 4.74 Å². The van der Waals surface area contributed by atoms with Gasteiger partial charge >= 0.3 is 0 Å². The molecule has 1 saturated heterocycles. The van der Waals surface area contributed by atoms with E-state index in [0.717, 1.165) is 6.42 Å². The summed E-state index contributed by atoms with van der Waals surface area (Å²) < 4.78 is 5.26. The summed E-state index contributed by atoms with van der Waals surface area (Å²) in [6.07, 6.45) is 4.20. The predicted molar refractivity (Wildman–Crippen MR) is 31.6 cm³/mol. The van der Waals surface area contributed by atoms with E-state index in [1.54, 1.807) is 0 Å². The molecule has 0 bridgehead atoms. The molecule has 0 aromatic rings. The molecule has 2 aliphatic rings. The van der Waals surface area contributed by atoms with Gasteiger partial charge in [-0.2, -0.15) is 5.26 Å². The van der Waals surface area contributed by atoms with Gasteiger partial charge in [-0.15, -0.1) is 0 Å². The summed E-state index contributed by atoms with van der Waals surface area (Å²) in [5.41, 5.74) is 0. The monoisotopic (exact) mass is 123 g/mol. The van der Waals surface area contributed by atoms with Gasteiger partial charge in [0.15, 0.2) is 0 Å². The van der Waals surface area contributed by atoms with Gasteiger partial charge in [0.1, 0.15) is 0 Å². The number of nitriles is 1. The van der Waals surface area contributed by atoms with Crippen molar-refractivity contribution in [2.45, 2.75) is 31.5 Å². The fourth-order valence-corrected chi connectivity index (χ4v) is 1.58. The highest BCUT2D eigenvalue weighted by Crippen LogP contribution is 2.39. The molecule has 3 atom stereocenters. The van der Waals surface area contributed by atoms with Gasteiger partial charge in [0, 0.05) is 0 Å². The standard InChI is InChI=1S/C7H9NO/c8-4-5-2-1-3-6-7(5)9-6/h5-7H,1-3H2/t5-,6+,7-/m1/s1. The van der Waals surface area contributed by atoms with Crippen molar-refractivity contribution in [2.75, 3.05) is 0 Å². The first-order valence-electron chi connectivity index (χ1n) is 3.47. The number of hydrogen-bond donors (Lipinski definition) is 0. The number of epoxide rings is 1. The molecule has 2 fully saturated rings. The summed E-state index contributed by atoms with van der Waals surface area (Å²) in [6, 6.07) is 2.27. The van der Waals surface area contributed by atoms with Crippen LogP contribution in [0.25, 0.3) is 0 Å². The van der Waals surface area contributed by atoms with Crippen LogP contribution in [0.2, 0.25) is 0 Å². The molecule has 1 aliphatic heterocycles. The topological polar surface area (TPSA) is 36.3 Å². The lowest BCUT2D eigenvalue weighted by Crippen LogP contribution is -2.13. The third-order valence-electron chi connectivity index (χ3n) is 2.19. The normalized spacial score (nSPS) is 47.2. The first-order valence-corrected chi connectivity index (χ1v) is 3.47. The quantitative estimate of drug-likeness (QED) is 0.452. The molecule has 0 N–H and O–H groups in total. The predicted octanol–water partition coefficient (Wildman–Crippen LogP) is 1.08. The number of fused-ring (bicyclic) bond motifs is 1. The SMILES string of the molecule is N#C[C@H]1CCC[C@@H]2O[C@@H]21. The zero-order chi connectivity index (χ0) is 6.27. The number of rotatable bonds is 0. The smallest absolute Gasteiger partial charge is 0.0999 e. The highest BCUT2D eigenvalue weighted by molar-refractivity contribution is 5.03. The van der Waals surface area contributed by atoms with Gasteiger partial charge in [-0.1, -0.05) is 0 Å². The van der Waals surface area contributed by atoms with Gasteiger partial charge in [0.2, 0.25) is 0 Å². The van der Waals surface area contributed by atoms with E-state index in [1.165, 1.54) is 12.8 Å². The Kier molecular flexibility index (Phi) is 1.000. The van der Waals surface area contributed by atoms with Crippen LogP contribution in [0.3, 0.4) is 0 Å². The third kappa shape index (κ3) is 0.727. The van der Waals surface area contributed by atoms with Crippen LogP contribution in [-0.4, -0.2) is 12.2 Å². The van der Waals surface area contributed by atoms with E-state index in [0.29, 0.717) is 12.2 Å². The average molecular weight is 123 g/mol. The number of ether oxygens (including phenoxy) is 1. The lowest BCUT2D eigenvalue weighted by atomic mass is 9.91. The zero-order valence-electron chi connectivity index (χ0n) is 5.21. The van der Waals surface area contributed by atoms with Gasteiger partial charge in [0.05, 0.1) is 24.2 Å². The molecule has 0 spiro atoms. The Bertz CT molecular complexity index is 161. The molecule has 1 saturated carbocycles. The van der Waals surface area contributed by atoms with Gasteiger partial charge in [-0.3, -0.25) is 0 Å². The molecule has 48 valence electrons. The van der Waals surface area contributed by atoms with Gasteiger partial charge in [0.25, 0.3) is 0 Å². The molecular weight excluding hydrogens is 114 g/mol. The van der Waals surface area contributed by atoms with E-state index in [9.17, 15) is 0 Å². The van der Waals surface area contributed by atoms with E-state index in [1.807, 2.05) is 0 Å². The first kappa shape index (κ1) is 5.25. The minimum atomic E-state index is 0.212. The molecule has 2 heteroatoms. The van der Waals surface area contributed by atoms with Crippen molar-refractivity contribution in [3.63, 3.8) is 0 Å². The maximum atomic E-state index is 8.56. The van der Waals surface area contributed by atoms with Crippen molar-refractivity contribution in [1.82, 2.24) is 0 Å². The Morgan fingerprint density at radius 3 is 3.00 bits per heavy atom. The van der Waals surface area contributed by atoms with Crippen LogP contribution in [0.15, 0.2) is 0 Å². The maximum Gasteiger partial charge on any atom is 0.0999 e. The van der Waals surface area contributed by atoms with Crippen molar-refractivity contribution in [1.29, 1.82) is 5.26 Å². The summed E-state index contributed by atoms with van der Waals surface area (Å²) in [5, 5.41) is 8.56. The summed E-state index contributed by atoms with van der Waals surface area (Å²) >= 11 is 0. The molecule has 1 heterocycles. The summed E-state index contributed by atoms with van der Waals surface area (Å²) in [4.78, 5) is 0. The van der Waals surface area contributed by atoms with E-state index < -0.39 is 0 Å². The highest BCUT2D eigenvalue weighted by Gasteiger charge is 2.47. The van der Waals surface area contributed by atoms with E-state index in [-0.39, 0.29) is 5.92 Å². The number of nitrogens with zero attached hydrogens (tertiary/aromatic N) is 1. The molecule has 0 unspecified atom stereocenters. The van der Waals surface area contributed by atoms with Crippen LogP contribution in [-0.2, 0) is 4.74 Å². The molecule has 1 aliphatic carbocycles. The molecule has 0 aromatic carbocycles. The first-order chi connectivity index (χ1) is 4.42. The van der Waals surface area contributed by atoms with E-state index >= 15 is 0 Å². The van der Waals surface area contributed by atoms with Gasteiger partial charge in [-0.05, 0) is 19.3 Å². The fourth-order valence-electron chi connectivity index (χ4n) is 1.58. The number of hydrogen-bond acceptors (Lipinski definition) is 2. The van der Waals surface area contributed by atoms with E-state index in [4.69, 9.17) is 10.00 Å². The molecule has 0 aromatic heterocycles. The average Bonchev–Trinajstić information content (AvgIpc) is 2.64. The Labute approximate surface area is 54.4 Å². The van der Waals surface area contributed by atoms with Crippen LogP contribution in [0.4, 0.5) is 0 Å². The molecule has 0 amide bonds. The minimum Gasteiger partial charge on any atom is -0.368 e. The molecule has 9 heavy (non-hydrogen) atoms. The molecular formula is C7H9NO. The highest BCUT2D eigenvalue weighted by atomic mass is 16.6. The van der Waals surface area contributed by atoms with Crippen LogP contribution in [0.1, 0.15) is 19.3 Å². The Morgan fingerprint density at radius 2 is 2.33 bits per heavy atom. The van der Waals surface area contributed by atoms with Crippen molar-refractivity contribution in [3.8, 4) is 6.07 Å². The second-order valence-corrected chi connectivity index (χ2v) is 2.81. The van der Waals surface area contributed by atoms with Gasteiger partial charge < -0.3 is 4.74 Å².